The highest BCUT2D eigenvalue weighted by Gasteiger charge is 2.31. The minimum absolute atomic E-state index is 0.0139. The lowest BCUT2D eigenvalue weighted by molar-refractivity contribution is 0.0713. The molecule has 33 heavy (non-hydrogen) atoms. The van der Waals surface area contributed by atoms with Crippen molar-refractivity contribution in [3.8, 4) is 6.07 Å². The largest absolute Gasteiger partial charge is 0.396 e. The van der Waals surface area contributed by atoms with Gasteiger partial charge in [-0.05, 0) is 98.1 Å². The Morgan fingerprint density at radius 3 is 2.61 bits per heavy atom. The number of hydrogen-bond donors (Lipinski definition) is 2. The van der Waals surface area contributed by atoms with Crippen LogP contribution in [0.1, 0.15) is 73.8 Å². The van der Waals surface area contributed by atoms with Crippen molar-refractivity contribution in [3.05, 3.63) is 69.2 Å². The van der Waals surface area contributed by atoms with Crippen molar-refractivity contribution < 1.29 is 10.2 Å². The number of nitrogens with zero attached hydrogens (tertiary/aromatic N) is 1. The summed E-state index contributed by atoms with van der Waals surface area (Å²) in [5.74, 6) is 0.479. The number of aliphatic hydroxyl groups is 2. The fourth-order valence-corrected chi connectivity index (χ4v) is 5.73. The van der Waals surface area contributed by atoms with Crippen LogP contribution in [0.25, 0.3) is 0 Å². The van der Waals surface area contributed by atoms with Crippen molar-refractivity contribution in [2.24, 2.45) is 11.8 Å². The Kier molecular flexibility index (Phi) is 8.70. The Balaban J connectivity index is 1.91. The van der Waals surface area contributed by atoms with Crippen LogP contribution in [0.15, 0.2) is 36.4 Å². The van der Waals surface area contributed by atoms with Crippen LogP contribution in [0.2, 0.25) is 5.02 Å². The van der Waals surface area contributed by atoms with Gasteiger partial charge in [0, 0.05) is 22.9 Å². The molecule has 3 atom stereocenters. The van der Waals surface area contributed by atoms with E-state index in [1.807, 2.05) is 13.8 Å². The van der Waals surface area contributed by atoms with Crippen molar-refractivity contribution in [2.45, 2.75) is 70.8 Å². The monoisotopic (exact) mass is 483 g/mol. The molecule has 0 aliphatic heterocycles. The molecule has 3 nitrogen and oxygen atoms in total. The zero-order valence-corrected chi connectivity index (χ0v) is 21.3. The average molecular weight is 484 g/mol. The molecule has 0 bridgehead atoms. The van der Waals surface area contributed by atoms with Crippen LogP contribution >= 0.6 is 23.8 Å². The number of hydrogen-bond acceptors (Lipinski definition) is 4. The summed E-state index contributed by atoms with van der Waals surface area (Å²) in [5.41, 5.74) is 4.53. The van der Waals surface area contributed by atoms with Crippen LogP contribution in [0.5, 0.6) is 0 Å². The highest BCUT2D eigenvalue weighted by molar-refractivity contribution is 7.80. The molecule has 0 fully saturated rings. The molecule has 5 heteroatoms. The minimum atomic E-state index is -0.718. The van der Waals surface area contributed by atoms with E-state index in [0.717, 1.165) is 36.1 Å². The summed E-state index contributed by atoms with van der Waals surface area (Å²) < 4.78 is 0. The second kappa shape index (κ2) is 11.1. The zero-order chi connectivity index (χ0) is 24.2. The molecule has 1 aliphatic carbocycles. The van der Waals surface area contributed by atoms with Gasteiger partial charge in [0.1, 0.15) is 0 Å². The van der Waals surface area contributed by atoms with Gasteiger partial charge in [-0.25, -0.2) is 0 Å². The third-order valence-electron chi connectivity index (χ3n) is 7.03. The van der Waals surface area contributed by atoms with E-state index in [0.29, 0.717) is 29.3 Å². The number of nitriles is 1. The predicted octanol–water partition coefficient (Wildman–Crippen LogP) is 6.19. The van der Waals surface area contributed by atoms with Gasteiger partial charge in [0.25, 0.3) is 0 Å². The average Bonchev–Trinajstić information content (AvgIpc) is 2.76. The minimum Gasteiger partial charge on any atom is -0.396 e. The zero-order valence-electron chi connectivity index (χ0n) is 19.8. The molecule has 0 radical (unpaired) electrons. The maximum atomic E-state index is 10.4. The van der Waals surface area contributed by atoms with Gasteiger partial charge in [-0.2, -0.15) is 5.26 Å². The van der Waals surface area contributed by atoms with Crippen LogP contribution in [0.3, 0.4) is 0 Å². The van der Waals surface area contributed by atoms with Gasteiger partial charge in [0.15, 0.2) is 0 Å². The molecule has 3 unspecified atom stereocenters. The summed E-state index contributed by atoms with van der Waals surface area (Å²) in [5, 5.41) is 30.8. The van der Waals surface area contributed by atoms with E-state index in [9.17, 15) is 15.5 Å². The molecule has 0 spiro atoms. The van der Waals surface area contributed by atoms with Crippen LogP contribution in [0, 0.1) is 23.2 Å². The Hall–Kier alpha value is -1.77. The quantitative estimate of drug-likeness (QED) is 0.460. The normalized spacial score (nSPS) is 20.9. The smallest absolute Gasteiger partial charge is 0.0995 e. The van der Waals surface area contributed by atoms with Crippen molar-refractivity contribution in [3.63, 3.8) is 0 Å². The topological polar surface area (TPSA) is 64.2 Å². The molecule has 0 heterocycles. The lowest BCUT2D eigenvalue weighted by Crippen LogP contribution is -2.31. The number of aliphatic hydroxyl groups excluding tert-OH is 1. The molecular weight excluding hydrogens is 450 g/mol. The maximum Gasteiger partial charge on any atom is 0.0995 e. The highest BCUT2D eigenvalue weighted by Crippen LogP contribution is 2.38. The van der Waals surface area contributed by atoms with Crippen molar-refractivity contribution in [1.29, 1.82) is 5.26 Å². The third-order valence-corrected chi connectivity index (χ3v) is 7.83. The first kappa shape index (κ1) is 25.8. The molecule has 2 aromatic carbocycles. The standard InChI is InChI=1S/C28H34ClNO2S/c1-18-10-11-23(27(33)15-25-20(16-30)7-5-9-26(25)29)21(17-31)14-24-19(6-4-8-22(18)24)12-13-28(2,3)32/h4-9,18,21,23,31-32H,10-15,17H2,1-3H3. The van der Waals surface area contributed by atoms with Gasteiger partial charge < -0.3 is 10.2 Å². The van der Waals surface area contributed by atoms with Crippen LogP contribution < -0.4 is 0 Å². The second-order valence-electron chi connectivity index (χ2n) is 10.0. The lowest BCUT2D eigenvalue weighted by Gasteiger charge is -2.33. The molecule has 0 aromatic heterocycles. The molecule has 2 aromatic rings. The third kappa shape index (κ3) is 6.43. The van der Waals surface area contributed by atoms with Gasteiger partial charge in [0.2, 0.25) is 0 Å². The van der Waals surface area contributed by atoms with Crippen LogP contribution in [-0.2, 0) is 19.3 Å². The van der Waals surface area contributed by atoms with Gasteiger partial charge in [0.05, 0.1) is 17.2 Å². The van der Waals surface area contributed by atoms with E-state index in [4.69, 9.17) is 23.8 Å². The molecule has 3 rings (SSSR count). The number of thiocarbonyl (C=S) groups is 1. The first-order valence-electron chi connectivity index (χ1n) is 11.8. The highest BCUT2D eigenvalue weighted by atomic mass is 35.5. The van der Waals surface area contributed by atoms with Gasteiger partial charge in [-0.3, -0.25) is 0 Å². The summed E-state index contributed by atoms with van der Waals surface area (Å²) >= 11 is 12.4. The Morgan fingerprint density at radius 1 is 1.21 bits per heavy atom. The van der Waals surface area contributed by atoms with E-state index in [1.165, 1.54) is 16.7 Å². The maximum absolute atomic E-state index is 10.4. The summed E-state index contributed by atoms with van der Waals surface area (Å²) in [7, 11) is 0. The Morgan fingerprint density at radius 2 is 1.94 bits per heavy atom. The van der Waals surface area contributed by atoms with E-state index in [2.05, 4.69) is 31.2 Å². The van der Waals surface area contributed by atoms with Crippen molar-refractivity contribution >= 4 is 28.7 Å². The Labute approximate surface area is 208 Å². The van der Waals surface area contributed by atoms with Crippen LogP contribution in [-0.4, -0.2) is 27.3 Å². The number of fused-ring (bicyclic) bond motifs is 1. The number of benzene rings is 2. The van der Waals surface area contributed by atoms with E-state index < -0.39 is 5.60 Å². The fourth-order valence-electron chi connectivity index (χ4n) is 5.03. The van der Waals surface area contributed by atoms with Gasteiger partial charge >= 0.3 is 0 Å². The number of halogens is 1. The summed E-state index contributed by atoms with van der Waals surface area (Å²) in [4.78, 5) is 0.864. The van der Waals surface area contributed by atoms with Gasteiger partial charge in [-0.1, -0.05) is 55.0 Å². The lowest BCUT2D eigenvalue weighted by atomic mass is 9.73. The van der Waals surface area contributed by atoms with Crippen molar-refractivity contribution in [1.82, 2.24) is 0 Å². The molecule has 0 saturated carbocycles. The summed E-state index contributed by atoms with van der Waals surface area (Å²) in [6.45, 7) is 6.01. The second-order valence-corrected chi connectivity index (χ2v) is 11.0. The molecule has 1 aliphatic rings. The molecule has 0 amide bonds. The number of aryl methyl sites for hydroxylation is 1. The van der Waals surface area contributed by atoms with Crippen LogP contribution in [0.4, 0.5) is 0 Å². The number of rotatable bonds is 7. The fraction of sp³-hybridized carbons (Fsp3) is 0.500. The molecule has 176 valence electrons. The summed E-state index contributed by atoms with van der Waals surface area (Å²) in [6, 6.07) is 14.1. The van der Waals surface area contributed by atoms with Crippen molar-refractivity contribution in [2.75, 3.05) is 6.61 Å². The van der Waals surface area contributed by atoms with E-state index >= 15 is 0 Å². The molecular formula is C28H34ClNO2S. The molecule has 2 N–H and O–H groups in total. The SMILES string of the molecule is CC1CCC(C(=S)Cc2c(Cl)cccc2C#N)C(CO)Cc2c(CCC(C)(C)O)cccc21. The predicted molar refractivity (Wildman–Crippen MR) is 139 cm³/mol. The first-order valence-corrected chi connectivity index (χ1v) is 12.6. The van der Waals surface area contributed by atoms with Gasteiger partial charge in [-0.15, -0.1) is 0 Å². The Bertz CT molecular complexity index is 1040. The van der Waals surface area contributed by atoms with E-state index in [1.54, 1.807) is 18.2 Å². The van der Waals surface area contributed by atoms with E-state index in [-0.39, 0.29) is 18.4 Å². The summed E-state index contributed by atoms with van der Waals surface area (Å²) in [6.07, 6.45) is 4.61. The molecule has 0 saturated heterocycles. The first-order chi connectivity index (χ1) is 15.6.